The lowest BCUT2D eigenvalue weighted by molar-refractivity contribution is 0.238. The van der Waals surface area contributed by atoms with Crippen molar-refractivity contribution in [3.05, 3.63) is 84.7 Å². The quantitative estimate of drug-likeness (QED) is 0.330. The van der Waals surface area contributed by atoms with Gasteiger partial charge >= 0.3 is 12.1 Å². The van der Waals surface area contributed by atoms with E-state index in [9.17, 15) is 24.0 Å². The minimum Gasteiger partial charge on any atom is -0.247 e. The zero-order chi connectivity index (χ0) is 26.4. The Bertz CT molecular complexity index is 1440. The van der Waals surface area contributed by atoms with Crippen molar-refractivity contribution in [1.82, 2.24) is 0 Å². The number of rotatable bonds is 6. The van der Waals surface area contributed by atoms with Crippen LogP contribution in [0.3, 0.4) is 0 Å². The summed E-state index contributed by atoms with van der Waals surface area (Å²) in [4.78, 5) is 73.6. The van der Waals surface area contributed by atoms with Crippen LogP contribution < -0.4 is 14.7 Å². The highest BCUT2D eigenvalue weighted by Gasteiger charge is 2.43. The molecule has 0 spiro atoms. The van der Waals surface area contributed by atoms with Crippen molar-refractivity contribution in [3.8, 4) is 0 Å². The average molecular weight is 492 g/mol. The minimum absolute atomic E-state index is 0.231. The monoisotopic (exact) mass is 492 g/mol. The van der Waals surface area contributed by atoms with E-state index in [1.807, 2.05) is 0 Å². The first-order valence-electron chi connectivity index (χ1n) is 10.7. The Morgan fingerprint density at radius 2 is 0.838 bits per heavy atom. The molecule has 0 radical (unpaired) electrons. The summed E-state index contributed by atoms with van der Waals surface area (Å²) < 4.78 is 0. The first-order valence-corrected chi connectivity index (χ1v) is 10.7. The van der Waals surface area contributed by atoms with E-state index in [4.69, 9.17) is 0 Å². The predicted molar refractivity (Wildman–Crippen MR) is 135 cm³/mol. The number of amides is 4. The molecule has 11 nitrogen and oxygen atoms in total. The summed E-state index contributed by atoms with van der Waals surface area (Å²) in [6, 6.07) is 17.0. The molecule has 0 atom stereocenters. The standard InChI is InChI=1S/C26H16N6O5/c1-2-24-30(21-9-3-18(4-10-21)27-15-33)25(36)32(23-13-7-20(8-14-23)29-17-35)26(37)31(24)22-11-5-19(6-12-22)28-16-34/h2-14H,1H3. The van der Waals surface area contributed by atoms with Crippen LogP contribution in [-0.2, 0) is 14.4 Å². The normalized spacial score (nSPS) is 12.9. The fourth-order valence-corrected chi connectivity index (χ4v) is 3.73. The summed E-state index contributed by atoms with van der Waals surface area (Å²) in [6.07, 6.45) is 5.96. The Labute approximate surface area is 210 Å². The average Bonchev–Trinajstić information content (AvgIpc) is 2.91. The van der Waals surface area contributed by atoms with Gasteiger partial charge in [0.2, 0.25) is 18.2 Å². The van der Waals surface area contributed by atoms with Gasteiger partial charge < -0.3 is 0 Å². The number of hydrogen-bond donors (Lipinski definition) is 0. The zero-order valence-corrected chi connectivity index (χ0v) is 19.2. The Kier molecular flexibility index (Phi) is 7.05. The zero-order valence-electron chi connectivity index (χ0n) is 19.2. The molecule has 4 amide bonds. The SMILES string of the molecule is CC=C1N(c2ccc(N=C=O)cc2)C(=O)N(c2ccc(N=C=O)cc2)C(=O)N1c1ccc(N=C=O)cc1. The van der Waals surface area contributed by atoms with Crippen LogP contribution in [0.5, 0.6) is 0 Å². The van der Waals surface area contributed by atoms with Crippen LogP contribution in [0.1, 0.15) is 6.92 Å². The molecule has 1 fully saturated rings. The van der Waals surface area contributed by atoms with Gasteiger partial charge in [0.15, 0.2) is 0 Å². The van der Waals surface area contributed by atoms with E-state index >= 15 is 0 Å². The Hall–Kier alpha value is -5.72. The number of nitrogens with zero attached hydrogens (tertiary/aromatic N) is 6. The lowest BCUT2D eigenvalue weighted by atomic mass is 10.2. The van der Waals surface area contributed by atoms with Gasteiger partial charge in [0.1, 0.15) is 5.82 Å². The van der Waals surface area contributed by atoms with Gasteiger partial charge in [-0.1, -0.05) is 0 Å². The molecule has 0 aliphatic carbocycles. The highest BCUT2D eigenvalue weighted by Crippen LogP contribution is 2.36. The second-order valence-electron chi connectivity index (χ2n) is 7.38. The van der Waals surface area contributed by atoms with Gasteiger partial charge in [-0.2, -0.15) is 15.0 Å². The second kappa shape index (κ2) is 10.7. The number of hydrogen-bond acceptors (Lipinski definition) is 8. The van der Waals surface area contributed by atoms with Crippen molar-refractivity contribution in [3.63, 3.8) is 0 Å². The molecule has 1 saturated heterocycles. The molecule has 1 aliphatic rings. The number of imide groups is 1. The van der Waals surface area contributed by atoms with Crippen molar-refractivity contribution < 1.29 is 24.0 Å². The largest absolute Gasteiger partial charge is 0.343 e. The van der Waals surface area contributed by atoms with Crippen LogP contribution >= 0.6 is 0 Å². The Morgan fingerprint density at radius 1 is 0.541 bits per heavy atom. The summed E-state index contributed by atoms with van der Waals surface area (Å²) >= 11 is 0. The third kappa shape index (κ3) is 4.77. The van der Waals surface area contributed by atoms with Gasteiger partial charge in [-0.05, 0) is 85.8 Å². The van der Waals surface area contributed by atoms with Crippen molar-refractivity contribution in [2.24, 2.45) is 15.0 Å². The van der Waals surface area contributed by atoms with Crippen LogP contribution in [0.25, 0.3) is 0 Å². The lowest BCUT2D eigenvalue weighted by Crippen LogP contribution is -2.60. The lowest BCUT2D eigenvalue weighted by Gasteiger charge is -2.42. The van der Waals surface area contributed by atoms with Gasteiger partial charge in [0.05, 0.1) is 34.1 Å². The van der Waals surface area contributed by atoms with Gasteiger partial charge in [0.25, 0.3) is 0 Å². The number of aliphatic imine (C=N–C) groups is 3. The fraction of sp³-hybridized carbons (Fsp3) is 0.0385. The molecule has 180 valence electrons. The van der Waals surface area contributed by atoms with Gasteiger partial charge in [-0.15, -0.1) is 0 Å². The summed E-state index contributed by atoms with van der Waals surface area (Å²) in [5, 5.41) is 0. The summed E-state index contributed by atoms with van der Waals surface area (Å²) in [5.74, 6) is 0.242. The van der Waals surface area contributed by atoms with E-state index in [1.165, 1.54) is 76.6 Å². The molecule has 0 unspecified atom stereocenters. The van der Waals surface area contributed by atoms with Crippen LogP contribution in [0.2, 0.25) is 0 Å². The number of urea groups is 2. The second-order valence-corrected chi connectivity index (χ2v) is 7.38. The van der Waals surface area contributed by atoms with Crippen molar-refractivity contribution in [2.45, 2.75) is 6.92 Å². The number of carbonyl (C=O) groups is 2. The van der Waals surface area contributed by atoms with Gasteiger partial charge in [-0.25, -0.2) is 38.7 Å². The molecule has 1 heterocycles. The number of isocyanates is 3. The van der Waals surface area contributed by atoms with Gasteiger partial charge in [0, 0.05) is 0 Å². The molecular weight excluding hydrogens is 476 g/mol. The predicted octanol–water partition coefficient (Wildman–Crippen LogP) is 5.52. The number of benzene rings is 3. The first kappa shape index (κ1) is 24.4. The first-order chi connectivity index (χ1) is 18.0. The van der Waals surface area contributed by atoms with Crippen molar-refractivity contribution in [2.75, 3.05) is 14.7 Å². The smallest absolute Gasteiger partial charge is 0.247 e. The fourth-order valence-electron chi connectivity index (χ4n) is 3.73. The number of carbonyl (C=O) groups excluding carboxylic acids is 5. The molecule has 1 aliphatic heterocycles. The molecule has 37 heavy (non-hydrogen) atoms. The molecule has 3 aromatic rings. The Balaban J connectivity index is 1.87. The summed E-state index contributed by atoms with van der Waals surface area (Å²) in [7, 11) is 0. The maximum absolute atomic E-state index is 13.8. The summed E-state index contributed by atoms with van der Waals surface area (Å²) in [5.41, 5.74) is 2.01. The van der Waals surface area contributed by atoms with E-state index in [1.54, 1.807) is 37.3 Å². The number of anilines is 3. The van der Waals surface area contributed by atoms with Crippen molar-refractivity contribution in [1.29, 1.82) is 0 Å². The molecule has 0 aromatic heterocycles. The number of allylic oxidation sites excluding steroid dienone is 1. The van der Waals surface area contributed by atoms with E-state index in [0.29, 0.717) is 28.4 Å². The molecular formula is C26H16N6O5. The molecule has 4 rings (SSSR count). The third-order valence-corrected chi connectivity index (χ3v) is 5.33. The van der Waals surface area contributed by atoms with E-state index < -0.39 is 12.1 Å². The van der Waals surface area contributed by atoms with Crippen molar-refractivity contribution >= 4 is 64.4 Å². The van der Waals surface area contributed by atoms with E-state index in [-0.39, 0.29) is 11.5 Å². The van der Waals surface area contributed by atoms with Gasteiger partial charge in [-0.3, -0.25) is 0 Å². The highest BCUT2D eigenvalue weighted by atomic mass is 16.2. The van der Waals surface area contributed by atoms with Crippen LogP contribution in [0.15, 0.2) is 99.7 Å². The molecule has 11 heteroatoms. The van der Waals surface area contributed by atoms with Crippen LogP contribution in [0.4, 0.5) is 43.7 Å². The third-order valence-electron chi connectivity index (χ3n) is 5.33. The molecule has 0 N–H and O–H groups in total. The van der Waals surface area contributed by atoms with Crippen LogP contribution in [0, 0.1) is 0 Å². The molecule has 3 aromatic carbocycles. The molecule has 0 bridgehead atoms. The maximum Gasteiger partial charge on any atom is 0.343 e. The van der Waals surface area contributed by atoms with Crippen LogP contribution in [-0.4, -0.2) is 30.3 Å². The van der Waals surface area contributed by atoms with E-state index in [2.05, 4.69) is 15.0 Å². The van der Waals surface area contributed by atoms with E-state index in [0.717, 1.165) is 4.90 Å². The minimum atomic E-state index is -0.671. The molecule has 0 saturated carbocycles. The maximum atomic E-state index is 13.8. The highest BCUT2D eigenvalue weighted by molar-refractivity contribution is 6.28. The Morgan fingerprint density at radius 3 is 1.11 bits per heavy atom. The summed E-state index contributed by atoms with van der Waals surface area (Å²) in [6.45, 7) is 1.67. The topological polar surface area (TPSA) is 132 Å².